The van der Waals surface area contributed by atoms with Crippen molar-refractivity contribution in [1.29, 1.82) is 0 Å². The van der Waals surface area contributed by atoms with Gasteiger partial charge in [-0.25, -0.2) is 4.98 Å². The molecule has 28 heavy (non-hydrogen) atoms. The van der Waals surface area contributed by atoms with Crippen LogP contribution >= 0.6 is 11.3 Å². The van der Waals surface area contributed by atoms with E-state index in [9.17, 15) is 0 Å². The van der Waals surface area contributed by atoms with Gasteiger partial charge < -0.3 is 14.0 Å². The van der Waals surface area contributed by atoms with Crippen LogP contribution in [0.4, 0.5) is 0 Å². The van der Waals surface area contributed by atoms with Crippen LogP contribution < -0.4 is 9.47 Å². The molecular formula is C20H25N5O2S. The molecule has 8 heteroatoms. The number of rotatable bonds is 5. The van der Waals surface area contributed by atoms with E-state index in [1.807, 2.05) is 19.1 Å². The van der Waals surface area contributed by atoms with E-state index in [0.29, 0.717) is 0 Å². The van der Waals surface area contributed by atoms with Crippen molar-refractivity contribution in [2.75, 3.05) is 20.8 Å². The molecule has 3 heterocycles. The summed E-state index contributed by atoms with van der Waals surface area (Å²) in [6, 6.07) is 6.12. The zero-order chi connectivity index (χ0) is 19.8. The van der Waals surface area contributed by atoms with Crippen LogP contribution in [0.25, 0.3) is 10.8 Å². The molecule has 1 atom stereocenters. The van der Waals surface area contributed by atoms with Crippen molar-refractivity contribution in [1.82, 2.24) is 24.6 Å². The Morgan fingerprint density at radius 2 is 1.96 bits per heavy atom. The van der Waals surface area contributed by atoms with Gasteiger partial charge in [-0.2, -0.15) is 0 Å². The summed E-state index contributed by atoms with van der Waals surface area (Å²) in [6.45, 7) is 8.85. The first-order chi connectivity index (χ1) is 13.5. The van der Waals surface area contributed by atoms with Crippen LogP contribution in [-0.4, -0.2) is 45.4 Å². The number of hydrogen-bond acceptors (Lipinski definition) is 7. The molecule has 0 fully saturated rings. The van der Waals surface area contributed by atoms with Gasteiger partial charge in [0.1, 0.15) is 11.5 Å². The van der Waals surface area contributed by atoms with Crippen molar-refractivity contribution < 1.29 is 9.47 Å². The van der Waals surface area contributed by atoms with Crippen LogP contribution in [-0.2, 0) is 13.1 Å². The van der Waals surface area contributed by atoms with E-state index >= 15 is 0 Å². The summed E-state index contributed by atoms with van der Waals surface area (Å²) in [5.41, 5.74) is 2.20. The van der Waals surface area contributed by atoms with Gasteiger partial charge in [0, 0.05) is 36.1 Å². The van der Waals surface area contributed by atoms with Crippen molar-refractivity contribution in [3.63, 3.8) is 0 Å². The summed E-state index contributed by atoms with van der Waals surface area (Å²) in [4.78, 5) is 8.29. The fourth-order valence-corrected chi connectivity index (χ4v) is 4.48. The number of aryl methyl sites for hydroxylation is 2. The van der Waals surface area contributed by atoms with E-state index in [1.165, 1.54) is 4.88 Å². The summed E-state index contributed by atoms with van der Waals surface area (Å²) in [7, 11) is 3.36. The van der Waals surface area contributed by atoms with E-state index in [1.54, 1.807) is 25.6 Å². The van der Waals surface area contributed by atoms with Crippen LogP contribution in [0.1, 0.15) is 34.9 Å². The number of benzene rings is 1. The Hall–Kier alpha value is -2.45. The minimum Gasteiger partial charge on any atom is -0.497 e. The zero-order valence-corrected chi connectivity index (χ0v) is 17.7. The third-order valence-corrected chi connectivity index (χ3v) is 6.47. The molecule has 1 aliphatic rings. The van der Waals surface area contributed by atoms with E-state index in [-0.39, 0.29) is 6.04 Å². The van der Waals surface area contributed by atoms with E-state index < -0.39 is 0 Å². The molecular weight excluding hydrogens is 374 g/mol. The molecule has 0 radical (unpaired) electrons. The van der Waals surface area contributed by atoms with Crippen molar-refractivity contribution in [2.24, 2.45) is 0 Å². The van der Waals surface area contributed by atoms with Gasteiger partial charge in [0.15, 0.2) is 16.7 Å². The second-order valence-electron chi connectivity index (χ2n) is 7.02. The van der Waals surface area contributed by atoms with Crippen molar-refractivity contribution in [3.05, 3.63) is 40.2 Å². The summed E-state index contributed by atoms with van der Waals surface area (Å²) < 4.78 is 13.1. The third-order valence-electron chi connectivity index (χ3n) is 5.40. The third kappa shape index (κ3) is 3.27. The first-order valence-electron chi connectivity index (χ1n) is 9.34. The van der Waals surface area contributed by atoms with E-state index in [4.69, 9.17) is 9.47 Å². The van der Waals surface area contributed by atoms with Crippen LogP contribution in [0.5, 0.6) is 11.5 Å². The standard InChI is InChI=1S/C20H25N5O2S/c1-12-14(3)28-20(21-12)19-23-22-18-13(2)24(8-9-25(18)19)11-15-6-7-16(26-4)10-17(15)27-5/h6-7,10,13H,8-9,11H2,1-5H3/t13-/m1/s1. The van der Waals surface area contributed by atoms with Crippen molar-refractivity contribution in [2.45, 2.75) is 39.9 Å². The topological polar surface area (TPSA) is 65.3 Å². The zero-order valence-electron chi connectivity index (χ0n) is 16.9. The van der Waals surface area contributed by atoms with Gasteiger partial charge >= 0.3 is 0 Å². The SMILES string of the molecule is COc1ccc(CN2CCn3c(-c4nc(C)c(C)s4)nnc3[C@H]2C)c(OC)c1. The molecule has 0 aliphatic carbocycles. The predicted molar refractivity (Wildman–Crippen MR) is 109 cm³/mol. The largest absolute Gasteiger partial charge is 0.497 e. The molecule has 148 valence electrons. The lowest BCUT2D eigenvalue weighted by Gasteiger charge is -2.33. The molecule has 7 nitrogen and oxygen atoms in total. The maximum Gasteiger partial charge on any atom is 0.193 e. The van der Waals surface area contributed by atoms with E-state index in [2.05, 4.69) is 44.6 Å². The summed E-state index contributed by atoms with van der Waals surface area (Å²) in [5.74, 6) is 3.50. The van der Waals surface area contributed by atoms with Crippen LogP contribution in [0, 0.1) is 13.8 Å². The second-order valence-corrected chi connectivity index (χ2v) is 8.22. The Morgan fingerprint density at radius 1 is 1.14 bits per heavy atom. The molecule has 0 saturated heterocycles. The smallest absolute Gasteiger partial charge is 0.193 e. The average Bonchev–Trinajstić information content (AvgIpc) is 3.28. The highest BCUT2D eigenvalue weighted by Gasteiger charge is 2.30. The van der Waals surface area contributed by atoms with Gasteiger partial charge in [-0.3, -0.25) is 4.90 Å². The van der Waals surface area contributed by atoms with Crippen LogP contribution in [0.15, 0.2) is 18.2 Å². The molecule has 1 aromatic carbocycles. The number of ether oxygens (including phenoxy) is 2. The predicted octanol–water partition coefficient (Wildman–Crippen LogP) is 3.61. The number of hydrogen-bond donors (Lipinski definition) is 0. The Labute approximate surface area is 168 Å². The summed E-state index contributed by atoms with van der Waals surface area (Å²) in [5, 5.41) is 9.92. The second kappa shape index (κ2) is 7.52. The molecule has 2 aromatic heterocycles. The monoisotopic (exact) mass is 399 g/mol. The highest BCUT2D eigenvalue weighted by molar-refractivity contribution is 7.15. The Morgan fingerprint density at radius 3 is 2.64 bits per heavy atom. The van der Waals surface area contributed by atoms with Crippen LogP contribution in [0.2, 0.25) is 0 Å². The first kappa shape index (κ1) is 18.9. The van der Waals surface area contributed by atoms with Crippen LogP contribution in [0.3, 0.4) is 0 Å². The number of fused-ring (bicyclic) bond motifs is 1. The van der Waals surface area contributed by atoms with Crippen molar-refractivity contribution in [3.8, 4) is 22.3 Å². The van der Waals surface area contributed by atoms with Gasteiger partial charge in [-0.15, -0.1) is 21.5 Å². The lowest BCUT2D eigenvalue weighted by molar-refractivity contribution is 0.155. The summed E-state index contributed by atoms with van der Waals surface area (Å²) in [6.07, 6.45) is 0. The maximum absolute atomic E-state index is 5.56. The highest BCUT2D eigenvalue weighted by atomic mass is 32.1. The quantitative estimate of drug-likeness (QED) is 0.653. The van der Waals surface area contributed by atoms with Gasteiger partial charge in [0.2, 0.25) is 0 Å². The Kier molecular flexibility index (Phi) is 5.07. The Balaban J connectivity index is 1.59. The number of methoxy groups -OCH3 is 2. The van der Waals surface area contributed by atoms with Crippen molar-refractivity contribution >= 4 is 11.3 Å². The number of nitrogens with zero attached hydrogens (tertiary/aromatic N) is 5. The molecule has 0 N–H and O–H groups in total. The maximum atomic E-state index is 5.56. The molecule has 0 unspecified atom stereocenters. The Bertz CT molecular complexity index is 977. The lowest BCUT2D eigenvalue weighted by atomic mass is 10.1. The summed E-state index contributed by atoms with van der Waals surface area (Å²) >= 11 is 1.68. The number of thiazole rings is 1. The lowest BCUT2D eigenvalue weighted by Crippen LogP contribution is -2.36. The van der Waals surface area contributed by atoms with Gasteiger partial charge in [-0.05, 0) is 26.8 Å². The van der Waals surface area contributed by atoms with E-state index in [0.717, 1.165) is 59.0 Å². The molecule has 0 amide bonds. The molecule has 0 bridgehead atoms. The molecule has 0 saturated carbocycles. The first-order valence-corrected chi connectivity index (χ1v) is 10.2. The fraction of sp³-hybridized carbons (Fsp3) is 0.450. The molecule has 3 aromatic rings. The molecule has 1 aliphatic heterocycles. The highest BCUT2D eigenvalue weighted by Crippen LogP contribution is 2.33. The normalized spacial score (nSPS) is 16.8. The fourth-order valence-electron chi connectivity index (χ4n) is 3.57. The minimum atomic E-state index is 0.156. The molecule has 0 spiro atoms. The van der Waals surface area contributed by atoms with Gasteiger partial charge in [-0.1, -0.05) is 6.07 Å². The minimum absolute atomic E-state index is 0.156. The average molecular weight is 400 g/mol. The van der Waals surface area contributed by atoms with Gasteiger partial charge in [0.05, 0.1) is 26.0 Å². The van der Waals surface area contributed by atoms with Gasteiger partial charge in [0.25, 0.3) is 0 Å². The molecule has 4 rings (SSSR count). The number of aromatic nitrogens is 4.